The van der Waals surface area contributed by atoms with E-state index in [-0.39, 0.29) is 26.9 Å². The van der Waals surface area contributed by atoms with Crippen molar-refractivity contribution < 1.29 is 4.74 Å². The van der Waals surface area contributed by atoms with Crippen molar-refractivity contribution in [1.82, 2.24) is 0 Å². The Hall–Kier alpha value is -15.6. The number of hydrogen-bond donors (Lipinski definition) is 0. The molecule has 8 aliphatic heterocycles. The number of nitrogens with zero attached hydrogens (tertiary/aromatic N) is 8. The summed E-state index contributed by atoms with van der Waals surface area (Å²) in [4.78, 5) is 20.2. The van der Waals surface area contributed by atoms with Gasteiger partial charge in [-0.15, -0.1) is 0 Å². The Balaban J connectivity index is 0.738. The van der Waals surface area contributed by atoms with Gasteiger partial charge in [0.1, 0.15) is 11.5 Å². The van der Waals surface area contributed by atoms with E-state index in [2.05, 4.69) is 464 Å². The zero-order valence-corrected chi connectivity index (χ0v) is 65.7. The number of para-hydroxylation sites is 13. The molecule has 18 aromatic rings. The SMILES string of the molecule is c1ccc(N(c2ccccc2)c2cc3c4c(c2)N(c2ccccc2)c2cc5c(cc2B4c2ccccc2N3c2ccccc2)B2c3ccccc3N3c4cc6c(cc4B4c7ccccc7N(c7ccccc7)c7cc(c2c3c74)O5)B2c3ccccc3N(c3ccccc3)c3cc(N(c4ccccc4)c4ccccc4)cc(c32)N6c2ccccc2)cc1. The van der Waals surface area contributed by atoms with Crippen LogP contribution >= 0.6 is 0 Å². The van der Waals surface area contributed by atoms with Gasteiger partial charge in [0.05, 0.1) is 11.4 Å². The van der Waals surface area contributed by atoms with Gasteiger partial charge in [-0.3, -0.25) is 0 Å². The van der Waals surface area contributed by atoms with Crippen LogP contribution in [0.25, 0.3) is 0 Å². The highest BCUT2D eigenvalue weighted by molar-refractivity contribution is 7.06. The van der Waals surface area contributed by atoms with E-state index < -0.39 is 0 Å². The van der Waals surface area contributed by atoms with Crippen molar-refractivity contribution in [3.8, 4) is 11.5 Å². The van der Waals surface area contributed by atoms with Gasteiger partial charge in [0.2, 0.25) is 0 Å². The van der Waals surface area contributed by atoms with Gasteiger partial charge in [0.25, 0.3) is 26.9 Å². The fraction of sp³-hybridized carbons (Fsp3) is 0. The van der Waals surface area contributed by atoms with E-state index in [9.17, 15) is 0 Å². The summed E-state index contributed by atoms with van der Waals surface area (Å²) in [7, 11) is 0. The number of benzene rings is 18. The first-order valence-corrected chi connectivity index (χ1v) is 41.9. The first-order chi connectivity index (χ1) is 60.1. The van der Waals surface area contributed by atoms with Crippen LogP contribution < -0.4 is 109 Å². The highest BCUT2D eigenvalue weighted by Gasteiger charge is 2.55. The van der Waals surface area contributed by atoms with E-state index in [4.69, 9.17) is 4.74 Å². The number of fused-ring (bicyclic) bond motifs is 18. The lowest BCUT2D eigenvalue weighted by atomic mass is 9.27. The van der Waals surface area contributed by atoms with Gasteiger partial charge in [0, 0.05) is 137 Å². The van der Waals surface area contributed by atoms with Crippen molar-refractivity contribution >= 4 is 229 Å². The van der Waals surface area contributed by atoms with Gasteiger partial charge >= 0.3 is 0 Å². The molecule has 0 aromatic heterocycles. The fourth-order valence-electron chi connectivity index (χ4n) is 21.6. The number of anilines is 24. The predicted molar refractivity (Wildman–Crippen MR) is 509 cm³/mol. The standard InChI is InChI=1S/C108H70B4N8O/c1-10-36-71(37-11-1)113(72-38-12-2-13-39-72)80-62-97-104-99(64-80)118(78-50-24-8-25-51-78)94-68-95-87(66-86(94)109(104)82-54-28-32-58-90(82)115(97)75-44-18-5-19-45-75)111-84-56-30-34-60-92(84)117(77-48-22-7-23-49-77)101-70-103-107-108(106(101)111)120(95)93-61-35-31-57-85(93)112(107)89-67-88-96(69-102(89)121-103)119(79-52-26-9-27-53-79)100-65-81(114(73-40-14-3-15-41-73)74-42-16-4-17-43-74)63-98-105(100)110(88)83-55-29-33-59-91(83)116(98)76-46-20-6-21-47-76/h1-70H. The molecule has 8 heterocycles. The molecular formula is C108H70B4N8O. The molecule has 9 nitrogen and oxygen atoms in total. The summed E-state index contributed by atoms with van der Waals surface area (Å²) in [5.74, 6) is 1.67. The third-order valence-corrected chi connectivity index (χ3v) is 26.3. The van der Waals surface area contributed by atoms with Crippen molar-refractivity contribution in [3.05, 3.63) is 425 Å². The maximum Gasteiger partial charge on any atom is 0.256 e. The molecule has 121 heavy (non-hydrogen) atoms. The maximum atomic E-state index is 8.15. The molecule has 18 aromatic carbocycles. The van der Waals surface area contributed by atoms with Crippen LogP contribution in [0.3, 0.4) is 0 Å². The van der Waals surface area contributed by atoms with Gasteiger partial charge in [-0.25, -0.2) is 0 Å². The lowest BCUT2D eigenvalue weighted by molar-refractivity contribution is 0.488. The fourth-order valence-corrected chi connectivity index (χ4v) is 21.6. The van der Waals surface area contributed by atoms with Gasteiger partial charge in [-0.2, -0.15) is 0 Å². The Morgan fingerprint density at radius 3 is 0.760 bits per heavy atom. The van der Waals surface area contributed by atoms with Crippen LogP contribution in [-0.4, -0.2) is 26.9 Å². The minimum Gasteiger partial charge on any atom is -0.458 e. The van der Waals surface area contributed by atoms with E-state index >= 15 is 0 Å². The van der Waals surface area contributed by atoms with E-state index in [0.29, 0.717) is 0 Å². The van der Waals surface area contributed by atoms with E-state index in [1.807, 2.05) is 0 Å². The molecule has 0 amide bonds. The van der Waals surface area contributed by atoms with Gasteiger partial charge in [-0.1, -0.05) is 249 Å². The highest BCUT2D eigenvalue weighted by Crippen LogP contribution is 2.55. The molecule has 0 spiro atoms. The third kappa shape index (κ3) is 9.91. The van der Waals surface area contributed by atoms with E-state index in [0.717, 1.165) is 159 Å². The van der Waals surface area contributed by atoms with Crippen LogP contribution in [0.4, 0.5) is 136 Å². The molecule has 0 unspecified atom stereocenters. The monoisotopic (exact) mass is 1540 g/mol. The van der Waals surface area contributed by atoms with Crippen molar-refractivity contribution in [3.63, 3.8) is 0 Å². The average Bonchev–Trinajstić information content (AvgIpc) is 0.663. The number of ether oxygens (including phenoxy) is 1. The third-order valence-electron chi connectivity index (χ3n) is 26.3. The first kappa shape index (κ1) is 67.6. The Kier molecular flexibility index (Phi) is 14.8. The van der Waals surface area contributed by atoms with Gasteiger partial charge in [0.15, 0.2) is 0 Å². The molecule has 8 aliphatic rings. The van der Waals surface area contributed by atoms with Crippen molar-refractivity contribution in [1.29, 1.82) is 0 Å². The van der Waals surface area contributed by atoms with Gasteiger partial charge in [-0.05, 0) is 229 Å². The molecule has 560 valence electrons. The lowest BCUT2D eigenvalue weighted by Crippen LogP contribution is -2.69. The Bertz CT molecular complexity index is 7190. The van der Waals surface area contributed by atoms with Crippen LogP contribution in [0.15, 0.2) is 425 Å². The smallest absolute Gasteiger partial charge is 0.256 e. The summed E-state index contributed by atoms with van der Waals surface area (Å²) in [6, 6.07) is 158. The molecular weight excluding hydrogens is 1470 g/mol. The Morgan fingerprint density at radius 2 is 0.413 bits per heavy atom. The molecule has 0 atom stereocenters. The van der Waals surface area contributed by atoms with Crippen LogP contribution in [0.2, 0.25) is 0 Å². The highest BCUT2D eigenvalue weighted by atomic mass is 16.5. The second-order valence-corrected chi connectivity index (χ2v) is 32.6. The first-order valence-electron chi connectivity index (χ1n) is 41.9. The Labute approximate surface area is 704 Å². The molecule has 0 N–H and O–H groups in total. The molecule has 13 heteroatoms. The van der Waals surface area contributed by atoms with Crippen LogP contribution in [0, 0.1) is 0 Å². The van der Waals surface area contributed by atoms with Crippen LogP contribution in [-0.2, 0) is 0 Å². The molecule has 0 aliphatic carbocycles. The van der Waals surface area contributed by atoms with Crippen LogP contribution in [0.5, 0.6) is 11.5 Å². The van der Waals surface area contributed by atoms with E-state index in [1.54, 1.807) is 0 Å². The minimum atomic E-state index is -0.273. The molecule has 0 saturated carbocycles. The summed E-state index contributed by atoms with van der Waals surface area (Å²) in [6.07, 6.45) is 0. The van der Waals surface area contributed by atoms with E-state index in [1.165, 1.54) is 54.6 Å². The molecule has 0 saturated heterocycles. The molecule has 0 bridgehead atoms. The van der Waals surface area contributed by atoms with Crippen LogP contribution in [0.1, 0.15) is 0 Å². The molecule has 26 rings (SSSR count). The van der Waals surface area contributed by atoms with Crippen molar-refractivity contribution in [2.45, 2.75) is 0 Å². The van der Waals surface area contributed by atoms with Crippen molar-refractivity contribution in [2.75, 3.05) is 39.2 Å². The average molecular weight is 1540 g/mol. The zero-order chi connectivity index (χ0) is 79.1. The summed E-state index contributed by atoms with van der Waals surface area (Å²) < 4.78 is 8.15. The zero-order valence-electron chi connectivity index (χ0n) is 65.7. The lowest BCUT2D eigenvalue weighted by Gasteiger charge is -2.50. The minimum absolute atomic E-state index is 0.200. The molecule has 0 radical (unpaired) electrons. The maximum absolute atomic E-state index is 8.15. The second-order valence-electron chi connectivity index (χ2n) is 32.6. The summed E-state index contributed by atoms with van der Waals surface area (Å²) in [5.41, 5.74) is 41.0. The molecule has 0 fully saturated rings. The normalized spacial score (nSPS) is 13.7. The van der Waals surface area contributed by atoms with Gasteiger partial charge < -0.3 is 43.9 Å². The summed E-state index contributed by atoms with van der Waals surface area (Å²) in [5, 5.41) is 0. The predicted octanol–water partition coefficient (Wildman–Crippen LogP) is 19.8. The summed E-state index contributed by atoms with van der Waals surface area (Å²) in [6.45, 7) is -0.918. The topological polar surface area (TPSA) is 35.2 Å². The second kappa shape index (κ2) is 26.5. The largest absolute Gasteiger partial charge is 0.458 e. The quantitative estimate of drug-likeness (QED) is 0.118. The number of hydrogen-bond acceptors (Lipinski definition) is 9. The Morgan fingerprint density at radius 1 is 0.165 bits per heavy atom. The summed E-state index contributed by atoms with van der Waals surface area (Å²) >= 11 is 0. The number of rotatable bonds is 11. The van der Waals surface area contributed by atoms with Crippen molar-refractivity contribution in [2.24, 2.45) is 0 Å².